The fraction of sp³-hybridized carbons (Fsp3) is 0.412. The first kappa shape index (κ1) is 15.4. The Bertz CT molecular complexity index is 773. The molecular formula is C17H20N4O2. The second-order valence-corrected chi connectivity index (χ2v) is 6.24. The summed E-state index contributed by atoms with van der Waals surface area (Å²) in [5.41, 5.74) is 2.92. The highest BCUT2D eigenvalue weighted by Crippen LogP contribution is 2.41. The largest absolute Gasteiger partial charge is 0.478 e. The molecule has 0 amide bonds. The smallest absolute Gasteiger partial charge is 0.339 e. The highest BCUT2D eigenvalue weighted by molar-refractivity contribution is 5.88. The van der Waals surface area contributed by atoms with Gasteiger partial charge in [0.1, 0.15) is 0 Å². The quantitative estimate of drug-likeness (QED) is 0.917. The molecule has 1 saturated carbocycles. The molecule has 1 N–H and O–H groups in total. The van der Waals surface area contributed by atoms with Gasteiger partial charge in [0.05, 0.1) is 17.0 Å². The Kier molecular flexibility index (Phi) is 3.98. The number of rotatable bonds is 5. The number of nitrogens with zero attached hydrogens (tertiary/aromatic N) is 4. The molecule has 0 aliphatic heterocycles. The van der Waals surface area contributed by atoms with Crippen LogP contribution in [0.5, 0.6) is 0 Å². The average molecular weight is 312 g/mol. The number of hydrogen-bond acceptors (Lipinski definition) is 4. The van der Waals surface area contributed by atoms with Crippen molar-refractivity contribution >= 4 is 18.1 Å². The maximum atomic E-state index is 11.2. The molecular weight excluding hydrogens is 292 g/mol. The van der Waals surface area contributed by atoms with Gasteiger partial charge in [0.15, 0.2) is 5.82 Å². The number of carboxylic acid groups (broad SMARTS) is 1. The van der Waals surface area contributed by atoms with Gasteiger partial charge in [0, 0.05) is 30.9 Å². The van der Waals surface area contributed by atoms with Crippen LogP contribution >= 0.6 is 0 Å². The van der Waals surface area contributed by atoms with E-state index in [9.17, 15) is 9.90 Å². The van der Waals surface area contributed by atoms with Crippen molar-refractivity contribution < 1.29 is 9.90 Å². The molecule has 1 aliphatic rings. The maximum Gasteiger partial charge on any atom is 0.339 e. The Hall–Kier alpha value is -2.50. The van der Waals surface area contributed by atoms with Gasteiger partial charge >= 0.3 is 5.97 Å². The summed E-state index contributed by atoms with van der Waals surface area (Å²) in [6.45, 7) is 3.85. The van der Waals surface area contributed by atoms with Gasteiger partial charge in [-0.05, 0) is 30.9 Å². The molecule has 6 nitrogen and oxygen atoms in total. The van der Waals surface area contributed by atoms with E-state index < -0.39 is 5.97 Å². The lowest BCUT2D eigenvalue weighted by Crippen LogP contribution is -2.08. The third-order valence-electron chi connectivity index (χ3n) is 3.88. The van der Waals surface area contributed by atoms with E-state index in [-0.39, 0.29) is 11.5 Å². The summed E-state index contributed by atoms with van der Waals surface area (Å²) in [5, 5.41) is 13.7. The van der Waals surface area contributed by atoms with E-state index in [0.717, 1.165) is 11.3 Å². The van der Waals surface area contributed by atoms with Crippen molar-refractivity contribution in [3.8, 4) is 0 Å². The standard InChI is InChI=1S/C17H20N4O2/c1-10(2)15-13(17(22)23)8-18-14(19-15)7-6-12-9-21(3)20-16(12)11-4-5-11/h6-11H,4-5H2,1-3H3,(H,22,23)/b7-6+. The molecule has 2 heterocycles. The van der Waals surface area contributed by atoms with Crippen molar-refractivity contribution in [1.29, 1.82) is 0 Å². The lowest BCUT2D eigenvalue weighted by molar-refractivity contribution is 0.0694. The summed E-state index contributed by atoms with van der Waals surface area (Å²) in [6, 6.07) is 0. The Morgan fingerprint density at radius 1 is 1.39 bits per heavy atom. The Morgan fingerprint density at radius 3 is 2.74 bits per heavy atom. The summed E-state index contributed by atoms with van der Waals surface area (Å²) in [4.78, 5) is 19.8. The summed E-state index contributed by atoms with van der Waals surface area (Å²) in [5.74, 6) is 0.117. The molecule has 0 atom stereocenters. The third kappa shape index (κ3) is 3.31. The average Bonchev–Trinajstić information content (AvgIpc) is 3.28. The predicted molar refractivity (Wildman–Crippen MR) is 87.2 cm³/mol. The lowest BCUT2D eigenvalue weighted by Gasteiger charge is -2.08. The molecule has 2 aromatic heterocycles. The Balaban J connectivity index is 1.91. The summed E-state index contributed by atoms with van der Waals surface area (Å²) in [7, 11) is 1.91. The first-order valence-electron chi connectivity index (χ1n) is 7.77. The fourth-order valence-corrected chi connectivity index (χ4v) is 2.59. The van der Waals surface area contributed by atoms with Crippen LogP contribution in [-0.4, -0.2) is 30.8 Å². The molecule has 120 valence electrons. The van der Waals surface area contributed by atoms with Crippen LogP contribution in [0.2, 0.25) is 0 Å². The molecule has 0 radical (unpaired) electrons. The minimum Gasteiger partial charge on any atom is -0.478 e. The number of aromatic carboxylic acids is 1. The second-order valence-electron chi connectivity index (χ2n) is 6.24. The van der Waals surface area contributed by atoms with Crippen molar-refractivity contribution in [3.05, 3.63) is 40.7 Å². The van der Waals surface area contributed by atoms with E-state index in [1.807, 2.05) is 43.9 Å². The van der Waals surface area contributed by atoms with Crippen LogP contribution in [0.3, 0.4) is 0 Å². The number of aromatic nitrogens is 4. The SMILES string of the molecule is CC(C)c1nc(/C=C/c2cn(C)nc2C2CC2)ncc1C(=O)O. The van der Waals surface area contributed by atoms with E-state index in [2.05, 4.69) is 15.1 Å². The molecule has 23 heavy (non-hydrogen) atoms. The van der Waals surface area contributed by atoms with E-state index >= 15 is 0 Å². The Labute approximate surface area is 134 Å². The van der Waals surface area contributed by atoms with Crippen LogP contribution in [0.1, 0.15) is 71.7 Å². The van der Waals surface area contributed by atoms with E-state index in [0.29, 0.717) is 17.4 Å². The van der Waals surface area contributed by atoms with E-state index in [4.69, 9.17) is 0 Å². The first-order valence-corrected chi connectivity index (χ1v) is 7.77. The highest BCUT2D eigenvalue weighted by Gasteiger charge is 2.28. The summed E-state index contributed by atoms with van der Waals surface area (Å²) in [6.07, 6.45) is 9.54. The van der Waals surface area contributed by atoms with Gasteiger partial charge in [-0.25, -0.2) is 14.8 Å². The van der Waals surface area contributed by atoms with E-state index in [1.165, 1.54) is 19.0 Å². The van der Waals surface area contributed by atoms with Crippen molar-refractivity contribution in [1.82, 2.24) is 19.7 Å². The number of carbonyl (C=O) groups is 1. The minimum absolute atomic E-state index is 0.0247. The van der Waals surface area contributed by atoms with Crippen LogP contribution in [0.25, 0.3) is 12.2 Å². The zero-order valence-electron chi connectivity index (χ0n) is 13.5. The van der Waals surface area contributed by atoms with Gasteiger partial charge in [0.2, 0.25) is 0 Å². The first-order chi connectivity index (χ1) is 11.0. The molecule has 0 unspecified atom stereocenters. The lowest BCUT2D eigenvalue weighted by atomic mass is 10.1. The second kappa shape index (κ2) is 5.95. The molecule has 0 aromatic carbocycles. The Morgan fingerprint density at radius 2 is 2.13 bits per heavy atom. The van der Waals surface area contributed by atoms with Gasteiger partial charge in [-0.1, -0.05) is 13.8 Å². The summed E-state index contributed by atoms with van der Waals surface area (Å²) < 4.78 is 1.82. The van der Waals surface area contributed by atoms with Gasteiger partial charge in [-0.2, -0.15) is 5.10 Å². The monoisotopic (exact) mass is 312 g/mol. The summed E-state index contributed by atoms with van der Waals surface area (Å²) >= 11 is 0. The normalized spacial score (nSPS) is 14.8. The molecule has 2 aromatic rings. The van der Waals surface area contributed by atoms with Crippen LogP contribution in [0, 0.1) is 0 Å². The van der Waals surface area contributed by atoms with Crippen molar-refractivity contribution in [2.45, 2.75) is 38.5 Å². The number of hydrogen-bond donors (Lipinski definition) is 1. The molecule has 0 saturated heterocycles. The van der Waals surface area contributed by atoms with Crippen molar-refractivity contribution in [3.63, 3.8) is 0 Å². The van der Waals surface area contributed by atoms with Crippen molar-refractivity contribution in [2.75, 3.05) is 0 Å². The molecule has 0 spiro atoms. The topological polar surface area (TPSA) is 80.9 Å². The molecule has 1 fully saturated rings. The van der Waals surface area contributed by atoms with Gasteiger partial charge in [0.25, 0.3) is 0 Å². The zero-order valence-corrected chi connectivity index (χ0v) is 13.5. The van der Waals surface area contributed by atoms with Crippen molar-refractivity contribution in [2.24, 2.45) is 7.05 Å². The maximum absolute atomic E-state index is 11.2. The fourth-order valence-electron chi connectivity index (χ4n) is 2.59. The number of aryl methyl sites for hydroxylation is 1. The third-order valence-corrected chi connectivity index (χ3v) is 3.88. The molecule has 6 heteroatoms. The highest BCUT2D eigenvalue weighted by atomic mass is 16.4. The molecule has 3 rings (SSSR count). The zero-order chi connectivity index (χ0) is 16.6. The molecule has 0 bridgehead atoms. The number of carboxylic acids is 1. The van der Waals surface area contributed by atoms with Gasteiger partial charge < -0.3 is 5.11 Å². The van der Waals surface area contributed by atoms with Crippen LogP contribution in [-0.2, 0) is 7.05 Å². The minimum atomic E-state index is -0.993. The van der Waals surface area contributed by atoms with Crippen LogP contribution in [0.4, 0.5) is 0 Å². The predicted octanol–water partition coefficient (Wildman–Crippen LogP) is 3.08. The van der Waals surface area contributed by atoms with Gasteiger partial charge in [-0.3, -0.25) is 4.68 Å². The van der Waals surface area contributed by atoms with Crippen LogP contribution in [0.15, 0.2) is 12.4 Å². The van der Waals surface area contributed by atoms with E-state index in [1.54, 1.807) is 0 Å². The van der Waals surface area contributed by atoms with Crippen LogP contribution < -0.4 is 0 Å². The van der Waals surface area contributed by atoms with Gasteiger partial charge in [-0.15, -0.1) is 0 Å². The molecule has 1 aliphatic carbocycles.